The van der Waals surface area contributed by atoms with Crippen molar-refractivity contribution in [3.63, 3.8) is 0 Å². The fraction of sp³-hybridized carbons (Fsp3) is 0.471. The number of hydrogen-bond donors (Lipinski definition) is 1. The number of nitrogens with zero attached hydrogens (tertiary/aromatic N) is 3. The molecule has 1 saturated heterocycles. The third-order valence-electron chi connectivity index (χ3n) is 3.88. The van der Waals surface area contributed by atoms with Crippen LogP contribution in [0.2, 0.25) is 0 Å². The minimum absolute atomic E-state index is 0.0616. The molecule has 7 nitrogen and oxygen atoms in total. The first kappa shape index (κ1) is 16.6. The Balaban J connectivity index is 1.65. The molecular formula is C17H22N4O3. The monoisotopic (exact) mass is 330 g/mol. The highest BCUT2D eigenvalue weighted by atomic mass is 16.5. The van der Waals surface area contributed by atoms with E-state index < -0.39 is 0 Å². The van der Waals surface area contributed by atoms with Gasteiger partial charge in [0.15, 0.2) is 0 Å². The number of hydrogen-bond acceptors (Lipinski definition) is 5. The van der Waals surface area contributed by atoms with Crippen LogP contribution in [-0.4, -0.2) is 52.2 Å². The van der Waals surface area contributed by atoms with E-state index in [0.29, 0.717) is 31.3 Å². The first-order chi connectivity index (χ1) is 11.6. The standard InChI is InChI=1S/C17H22N4O3/c1-12(2)4-9-24-15-5-8-23-11-14(15)19-16(22)13-10-21-7-3-6-18-17(21)20-13/h3-4,6-7,10,14-15H,5,8-9,11H2,1-2H3,(H,19,22)/t14-,15+/m1/s1. The summed E-state index contributed by atoms with van der Waals surface area (Å²) in [5, 5.41) is 2.97. The molecular weight excluding hydrogens is 308 g/mol. The first-order valence-electron chi connectivity index (χ1n) is 8.07. The molecule has 0 saturated carbocycles. The maximum atomic E-state index is 12.5. The summed E-state index contributed by atoms with van der Waals surface area (Å²) in [6.07, 6.45) is 7.85. The predicted octanol–water partition coefficient (Wildman–Crippen LogP) is 1.60. The fourth-order valence-electron chi connectivity index (χ4n) is 2.57. The maximum Gasteiger partial charge on any atom is 0.271 e. The lowest BCUT2D eigenvalue weighted by Crippen LogP contribution is -2.50. The van der Waals surface area contributed by atoms with Crippen LogP contribution in [0.25, 0.3) is 5.78 Å². The summed E-state index contributed by atoms with van der Waals surface area (Å²) >= 11 is 0. The number of aromatic nitrogens is 3. The lowest BCUT2D eigenvalue weighted by atomic mass is 10.1. The summed E-state index contributed by atoms with van der Waals surface area (Å²) in [6.45, 7) is 5.69. The number of imidazole rings is 1. The van der Waals surface area contributed by atoms with Crippen molar-refractivity contribution in [1.29, 1.82) is 0 Å². The van der Waals surface area contributed by atoms with Crippen molar-refractivity contribution in [2.45, 2.75) is 32.4 Å². The number of nitrogens with one attached hydrogen (secondary N) is 1. The van der Waals surface area contributed by atoms with Crippen LogP contribution in [0.1, 0.15) is 30.8 Å². The van der Waals surface area contributed by atoms with Gasteiger partial charge in [-0.25, -0.2) is 9.97 Å². The molecule has 128 valence electrons. The molecule has 3 heterocycles. The van der Waals surface area contributed by atoms with Crippen LogP contribution < -0.4 is 5.32 Å². The van der Waals surface area contributed by atoms with Crippen LogP contribution in [-0.2, 0) is 9.47 Å². The Kier molecular flexibility index (Phi) is 5.22. The van der Waals surface area contributed by atoms with E-state index in [-0.39, 0.29) is 18.1 Å². The lowest BCUT2D eigenvalue weighted by Gasteiger charge is -2.31. The van der Waals surface area contributed by atoms with E-state index in [4.69, 9.17) is 9.47 Å². The van der Waals surface area contributed by atoms with E-state index in [1.807, 2.05) is 19.9 Å². The average Bonchev–Trinajstić information content (AvgIpc) is 3.00. The van der Waals surface area contributed by atoms with Crippen LogP contribution in [0.15, 0.2) is 36.3 Å². The van der Waals surface area contributed by atoms with E-state index in [0.717, 1.165) is 6.42 Å². The Bertz CT molecular complexity index is 703. The zero-order valence-corrected chi connectivity index (χ0v) is 13.9. The van der Waals surface area contributed by atoms with Gasteiger partial charge >= 0.3 is 0 Å². The van der Waals surface area contributed by atoms with Crippen molar-refractivity contribution >= 4 is 11.7 Å². The summed E-state index contributed by atoms with van der Waals surface area (Å²) in [4.78, 5) is 20.8. The summed E-state index contributed by atoms with van der Waals surface area (Å²) < 4.78 is 13.1. The molecule has 1 N–H and O–H groups in total. The number of fused-ring (bicyclic) bond motifs is 1. The zero-order valence-electron chi connectivity index (χ0n) is 13.9. The minimum atomic E-state index is -0.244. The van der Waals surface area contributed by atoms with Gasteiger partial charge in [-0.15, -0.1) is 0 Å². The van der Waals surface area contributed by atoms with Crippen molar-refractivity contribution in [1.82, 2.24) is 19.7 Å². The molecule has 1 fully saturated rings. The predicted molar refractivity (Wildman–Crippen MR) is 88.8 cm³/mol. The molecule has 2 aromatic rings. The molecule has 1 aliphatic heterocycles. The van der Waals surface area contributed by atoms with Crippen LogP contribution in [0.5, 0.6) is 0 Å². The Hall–Kier alpha value is -2.25. The highest BCUT2D eigenvalue weighted by Gasteiger charge is 2.28. The van der Waals surface area contributed by atoms with Crippen LogP contribution >= 0.6 is 0 Å². The first-order valence-corrected chi connectivity index (χ1v) is 8.07. The molecule has 0 aliphatic carbocycles. The number of amides is 1. The smallest absolute Gasteiger partial charge is 0.271 e. The second-order valence-electron chi connectivity index (χ2n) is 6.05. The molecule has 0 unspecified atom stereocenters. The normalized spacial score (nSPS) is 20.8. The van der Waals surface area contributed by atoms with Crippen molar-refractivity contribution in [3.05, 3.63) is 42.0 Å². The topological polar surface area (TPSA) is 77.8 Å². The molecule has 2 atom stereocenters. The van der Waals surface area contributed by atoms with Crippen molar-refractivity contribution < 1.29 is 14.3 Å². The SMILES string of the molecule is CC(C)=CCO[C@H]1CCOC[C@H]1NC(=O)c1cn2cccnc2n1. The van der Waals surface area contributed by atoms with Crippen LogP contribution in [0.3, 0.4) is 0 Å². The molecule has 1 amide bonds. The molecule has 0 aromatic carbocycles. The number of carbonyl (C=O) groups excluding carboxylic acids is 1. The molecule has 1 aliphatic rings. The number of allylic oxidation sites excluding steroid dienone is 1. The van der Waals surface area contributed by atoms with Crippen molar-refractivity contribution in [2.24, 2.45) is 0 Å². The molecule has 2 aromatic heterocycles. The highest BCUT2D eigenvalue weighted by Crippen LogP contribution is 2.13. The van der Waals surface area contributed by atoms with Crippen LogP contribution in [0.4, 0.5) is 0 Å². The highest BCUT2D eigenvalue weighted by molar-refractivity contribution is 5.93. The molecule has 7 heteroatoms. The Morgan fingerprint density at radius 2 is 2.42 bits per heavy atom. The Morgan fingerprint density at radius 1 is 1.54 bits per heavy atom. The van der Waals surface area contributed by atoms with Gasteiger partial charge in [0.25, 0.3) is 5.91 Å². The zero-order chi connectivity index (χ0) is 16.9. The number of rotatable bonds is 5. The van der Waals surface area contributed by atoms with E-state index in [1.165, 1.54) is 5.57 Å². The minimum Gasteiger partial charge on any atom is -0.379 e. The molecule has 0 radical (unpaired) electrons. The van der Waals surface area contributed by atoms with E-state index in [1.54, 1.807) is 29.1 Å². The maximum absolute atomic E-state index is 12.5. The van der Waals surface area contributed by atoms with Gasteiger partial charge < -0.3 is 14.8 Å². The third kappa shape index (κ3) is 3.98. The van der Waals surface area contributed by atoms with Gasteiger partial charge in [0.1, 0.15) is 5.69 Å². The lowest BCUT2D eigenvalue weighted by molar-refractivity contribution is -0.0457. The van der Waals surface area contributed by atoms with Gasteiger partial charge in [0.2, 0.25) is 5.78 Å². The summed E-state index contributed by atoms with van der Waals surface area (Å²) in [5.41, 5.74) is 1.54. The van der Waals surface area contributed by atoms with Gasteiger partial charge in [0.05, 0.1) is 25.4 Å². The largest absolute Gasteiger partial charge is 0.379 e. The van der Waals surface area contributed by atoms with Gasteiger partial charge in [-0.1, -0.05) is 11.6 Å². The Labute approximate surface area is 140 Å². The van der Waals surface area contributed by atoms with E-state index >= 15 is 0 Å². The molecule has 0 spiro atoms. The second kappa shape index (κ2) is 7.55. The summed E-state index contributed by atoms with van der Waals surface area (Å²) in [6, 6.07) is 1.60. The van der Waals surface area contributed by atoms with Crippen molar-refractivity contribution in [2.75, 3.05) is 19.8 Å². The average molecular weight is 330 g/mol. The fourth-order valence-corrected chi connectivity index (χ4v) is 2.57. The third-order valence-corrected chi connectivity index (χ3v) is 3.88. The van der Waals surface area contributed by atoms with Crippen LogP contribution in [0, 0.1) is 0 Å². The van der Waals surface area contributed by atoms with Gasteiger partial charge in [-0.3, -0.25) is 9.20 Å². The van der Waals surface area contributed by atoms with E-state index in [2.05, 4.69) is 15.3 Å². The van der Waals surface area contributed by atoms with Gasteiger partial charge in [-0.05, 0) is 26.3 Å². The van der Waals surface area contributed by atoms with Gasteiger partial charge in [-0.2, -0.15) is 0 Å². The second-order valence-corrected chi connectivity index (χ2v) is 6.05. The Morgan fingerprint density at radius 3 is 3.21 bits per heavy atom. The molecule has 24 heavy (non-hydrogen) atoms. The molecule has 3 rings (SSSR count). The quantitative estimate of drug-likeness (QED) is 0.843. The molecule has 0 bridgehead atoms. The summed E-state index contributed by atoms with van der Waals surface area (Å²) in [5.74, 6) is 0.255. The van der Waals surface area contributed by atoms with E-state index in [9.17, 15) is 4.79 Å². The van der Waals surface area contributed by atoms with Gasteiger partial charge in [0, 0.05) is 25.2 Å². The number of carbonyl (C=O) groups is 1. The van der Waals surface area contributed by atoms with Crippen molar-refractivity contribution in [3.8, 4) is 0 Å². The summed E-state index contributed by atoms with van der Waals surface area (Å²) in [7, 11) is 0. The number of ether oxygens (including phenoxy) is 2.